The van der Waals surface area contributed by atoms with Crippen LogP contribution in [0.15, 0.2) is 49.1 Å². The van der Waals surface area contributed by atoms with Gasteiger partial charge in [-0.25, -0.2) is 9.67 Å². The molecule has 0 spiro atoms. The highest BCUT2D eigenvalue weighted by Crippen LogP contribution is 2.28. The van der Waals surface area contributed by atoms with Crippen LogP contribution in [-0.4, -0.2) is 58.5 Å². The van der Waals surface area contributed by atoms with Gasteiger partial charge in [-0.1, -0.05) is 17.7 Å². The molecule has 0 unspecified atom stereocenters. The Hall–Kier alpha value is -4.05. The number of nitrogens with zero attached hydrogens (tertiary/aromatic N) is 7. The van der Waals surface area contributed by atoms with Gasteiger partial charge in [0.15, 0.2) is 0 Å². The Morgan fingerprint density at radius 1 is 1.24 bits per heavy atom. The molecule has 172 valence electrons. The van der Waals surface area contributed by atoms with Gasteiger partial charge in [-0.3, -0.25) is 14.8 Å². The number of H-pyrrole nitrogens is 1. The summed E-state index contributed by atoms with van der Waals surface area (Å²) in [6.07, 6.45) is 11.7. The van der Waals surface area contributed by atoms with Gasteiger partial charge >= 0.3 is 0 Å². The second kappa shape index (κ2) is 8.07. The first kappa shape index (κ1) is 20.5. The summed E-state index contributed by atoms with van der Waals surface area (Å²) in [6.45, 7) is 1.42. The predicted molar refractivity (Wildman–Crippen MR) is 127 cm³/mol. The molecule has 1 amide bonds. The van der Waals surface area contributed by atoms with Crippen molar-refractivity contribution in [3.8, 4) is 11.3 Å². The van der Waals surface area contributed by atoms with Crippen LogP contribution in [0, 0.1) is 0 Å². The number of carbonyl (C=O) groups is 1. The van der Waals surface area contributed by atoms with E-state index in [0.29, 0.717) is 23.8 Å². The van der Waals surface area contributed by atoms with E-state index >= 15 is 0 Å². The molecule has 0 radical (unpaired) electrons. The molecule has 34 heavy (non-hydrogen) atoms. The van der Waals surface area contributed by atoms with Gasteiger partial charge in [-0.05, 0) is 43.7 Å². The number of aromatic nitrogens is 7. The molecule has 0 atom stereocenters. The lowest BCUT2D eigenvalue weighted by atomic mass is 9.92. The maximum absolute atomic E-state index is 11.7. The van der Waals surface area contributed by atoms with Crippen LogP contribution in [0.3, 0.4) is 0 Å². The monoisotopic (exact) mass is 455 g/mol. The summed E-state index contributed by atoms with van der Waals surface area (Å²) in [5.41, 5.74) is 11.1. The van der Waals surface area contributed by atoms with Crippen LogP contribution >= 0.6 is 0 Å². The highest BCUT2D eigenvalue weighted by atomic mass is 16.1. The molecule has 5 aromatic rings. The molecule has 10 heteroatoms. The lowest BCUT2D eigenvalue weighted by Crippen LogP contribution is -2.36. The molecule has 1 saturated carbocycles. The number of benzene rings is 1. The predicted octanol–water partition coefficient (Wildman–Crippen LogP) is 2.60. The van der Waals surface area contributed by atoms with Crippen molar-refractivity contribution < 1.29 is 4.79 Å². The zero-order valence-electron chi connectivity index (χ0n) is 18.8. The number of primary amides is 1. The third-order valence-electron chi connectivity index (χ3n) is 6.67. The van der Waals surface area contributed by atoms with E-state index < -0.39 is 5.91 Å². The highest BCUT2D eigenvalue weighted by Gasteiger charge is 2.22. The van der Waals surface area contributed by atoms with Crippen LogP contribution in [-0.2, 0) is 13.1 Å². The Morgan fingerprint density at radius 3 is 2.91 bits per heavy atom. The third kappa shape index (κ3) is 3.71. The van der Waals surface area contributed by atoms with Crippen molar-refractivity contribution in [2.45, 2.75) is 38.4 Å². The number of carbonyl (C=O) groups excluding carboxylic acids is 1. The first-order chi connectivity index (χ1) is 16.5. The van der Waals surface area contributed by atoms with Gasteiger partial charge < -0.3 is 10.1 Å². The molecule has 1 fully saturated rings. The van der Waals surface area contributed by atoms with Crippen molar-refractivity contribution in [2.75, 3.05) is 7.05 Å². The Labute approximate surface area is 195 Å². The normalized spacial score (nSPS) is 14.3. The second-order valence-corrected chi connectivity index (χ2v) is 9.06. The smallest absolute Gasteiger partial charge is 0.248 e. The van der Waals surface area contributed by atoms with Crippen molar-refractivity contribution in [1.82, 2.24) is 39.5 Å². The fraction of sp³-hybridized carbons (Fsp3) is 0.292. The van der Waals surface area contributed by atoms with E-state index in [9.17, 15) is 4.79 Å². The number of amides is 1. The number of fused-ring (bicyclic) bond motifs is 2. The van der Waals surface area contributed by atoms with Crippen molar-refractivity contribution in [3.05, 3.63) is 65.9 Å². The molecular formula is C24H25N9O. The number of hydrogen-bond acceptors (Lipinski definition) is 6. The highest BCUT2D eigenvalue weighted by molar-refractivity contribution is 6.02. The average molecular weight is 456 g/mol. The van der Waals surface area contributed by atoms with Gasteiger partial charge in [0.05, 0.1) is 30.1 Å². The fourth-order valence-electron chi connectivity index (χ4n) is 4.58. The fourth-order valence-corrected chi connectivity index (χ4v) is 4.58. The van der Waals surface area contributed by atoms with Crippen LogP contribution in [0.2, 0.25) is 0 Å². The summed E-state index contributed by atoms with van der Waals surface area (Å²) in [6, 6.07) is 8.33. The topological polar surface area (TPSA) is 123 Å². The summed E-state index contributed by atoms with van der Waals surface area (Å²) in [5.74, 6) is -0.506. The minimum Gasteiger partial charge on any atom is -0.366 e. The summed E-state index contributed by atoms with van der Waals surface area (Å²) >= 11 is 0. The van der Waals surface area contributed by atoms with Gasteiger partial charge in [0.2, 0.25) is 5.91 Å². The maximum atomic E-state index is 11.7. The van der Waals surface area contributed by atoms with E-state index in [1.54, 1.807) is 23.0 Å². The minimum absolute atomic E-state index is 0.389. The zero-order chi connectivity index (χ0) is 23.2. The van der Waals surface area contributed by atoms with Gasteiger partial charge in [0.1, 0.15) is 11.3 Å². The number of imidazole rings is 1. The number of rotatable bonds is 7. The standard InChI is InChI=1S/C24H25N9O/c1-31(18-3-2-4-18)10-15-5-6-23-27-17(12-32(23)11-15)13-33-14-22(29-30-33)19-7-16(24(25)34)8-21-20(19)9-26-28-21/h5-9,11-12,14,18H,2-4,10,13H2,1H3,(H2,25,34)(H,26,28). The van der Waals surface area contributed by atoms with E-state index in [4.69, 9.17) is 10.7 Å². The first-order valence-electron chi connectivity index (χ1n) is 11.4. The molecule has 1 aromatic carbocycles. The van der Waals surface area contributed by atoms with Crippen LogP contribution in [0.5, 0.6) is 0 Å². The van der Waals surface area contributed by atoms with E-state index in [0.717, 1.165) is 34.4 Å². The van der Waals surface area contributed by atoms with Crippen molar-refractivity contribution in [2.24, 2.45) is 5.73 Å². The number of pyridine rings is 1. The molecule has 1 aliphatic rings. The molecular weight excluding hydrogens is 430 g/mol. The van der Waals surface area contributed by atoms with Crippen LogP contribution < -0.4 is 5.73 Å². The van der Waals surface area contributed by atoms with Crippen molar-refractivity contribution in [1.29, 1.82) is 0 Å². The van der Waals surface area contributed by atoms with Gasteiger partial charge in [-0.2, -0.15) is 5.10 Å². The largest absolute Gasteiger partial charge is 0.366 e. The van der Waals surface area contributed by atoms with Crippen LogP contribution in [0.1, 0.15) is 40.9 Å². The molecule has 4 heterocycles. The Balaban J connectivity index is 1.24. The summed E-state index contributed by atoms with van der Waals surface area (Å²) in [7, 11) is 2.20. The van der Waals surface area contributed by atoms with Gasteiger partial charge in [0.25, 0.3) is 0 Å². The quantitative estimate of drug-likeness (QED) is 0.389. The number of hydrogen-bond donors (Lipinski definition) is 2. The van der Waals surface area contributed by atoms with Crippen molar-refractivity contribution >= 4 is 22.5 Å². The Morgan fingerprint density at radius 2 is 2.12 bits per heavy atom. The number of nitrogens with one attached hydrogen (secondary N) is 1. The van der Waals surface area contributed by atoms with E-state index in [2.05, 4.69) is 55.2 Å². The molecule has 4 aromatic heterocycles. The SMILES string of the molecule is CN(Cc1ccc2nc(Cn3cc(-c4cc(C(N)=O)cc5[nH]ncc45)nn3)cn2c1)C1CCC1. The Bertz CT molecular complexity index is 1510. The zero-order valence-corrected chi connectivity index (χ0v) is 18.8. The van der Waals surface area contributed by atoms with Gasteiger partial charge in [-0.15, -0.1) is 5.10 Å². The second-order valence-electron chi connectivity index (χ2n) is 9.06. The molecule has 0 saturated heterocycles. The number of nitrogens with two attached hydrogens (primary N) is 1. The first-order valence-corrected chi connectivity index (χ1v) is 11.4. The molecule has 10 nitrogen and oxygen atoms in total. The molecule has 6 rings (SSSR count). The summed E-state index contributed by atoms with van der Waals surface area (Å²) in [5, 5.41) is 16.4. The molecule has 3 N–H and O–H groups in total. The maximum Gasteiger partial charge on any atom is 0.248 e. The van der Waals surface area contributed by atoms with Crippen LogP contribution in [0.4, 0.5) is 0 Å². The number of aromatic amines is 1. The third-order valence-corrected chi connectivity index (χ3v) is 6.67. The molecule has 0 aliphatic heterocycles. The minimum atomic E-state index is -0.506. The lowest BCUT2D eigenvalue weighted by Gasteiger charge is -2.34. The van der Waals surface area contributed by atoms with E-state index in [1.165, 1.54) is 24.8 Å². The van der Waals surface area contributed by atoms with Crippen molar-refractivity contribution in [3.63, 3.8) is 0 Å². The van der Waals surface area contributed by atoms with E-state index in [1.807, 2.05) is 12.4 Å². The average Bonchev–Trinajstić information content (AvgIpc) is 3.50. The summed E-state index contributed by atoms with van der Waals surface area (Å²) < 4.78 is 3.81. The van der Waals surface area contributed by atoms with E-state index in [-0.39, 0.29) is 0 Å². The Kier molecular flexibility index (Phi) is 4.88. The molecule has 1 aliphatic carbocycles. The van der Waals surface area contributed by atoms with Gasteiger partial charge in [0, 0.05) is 41.5 Å². The lowest BCUT2D eigenvalue weighted by molar-refractivity contribution is 0.100. The molecule has 0 bridgehead atoms. The summed E-state index contributed by atoms with van der Waals surface area (Å²) in [4.78, 5) is 18.9. The van der Waals surface area contributed by atoms with Crippen LogP contribution in [0.25, 0.3) is 27.8 Å².